The molecule has 102 valence electrons. The van der Waals surface area contributed by atoms with Crippen LogP contribution in [0.25, 0.3) is 11.2 Å². The number of nitrogens with one attached hydrogen (secondary N) is 1. The Kier molecular flexibility index (Phi) is 4.31. The highest BCUT2D eigenvalue weighted by atomic mass is 79.9. The predicted molar refractivity (Wildman–Crippen MR) is 77.7 cm³/mol. The number of fused-ring (bicyclic) bond motifs is 1. The van der Waals surface area contributed by atoms with Crippen LogP contribution in [-0.2, 0) is 6.54 Å². The summed E-state index contributed by atoms with van der Waals surface area (Å²) >= 11 is 3.26. The molecule has 0 radical (unpaired) electrons. The molecule has 8 heteroatoms. The van der Waals surface area contributed by atoms with Crippen LogP contribution in [0.15, 0.2) is 14.5 Å². The lowest BCUT2D eigenvalue weighted by molar-refractivity contribution is 0.590. The summed E-state index contributed by atoms with van der Waals surface area (Å²) in [7, 11) is 0. The molecule has 0 atom stereocenters. The molecule has 2 heterocycles. The number of aromatic nitrogens is 4. The maximum Gasteiger partial charge on any atom is 0.351 e. The van der Waals surface area contributed by atoms with Crippen molar-refractivity contribution in [2.75, 3.05) is 0 Å². The Morgan fingerprint density at radius 3 is 2.95 bits per heavy atom. The van der Waals surface area contributed by atoms with Gasteiger partial charge in [0, 0.05) is 6.54 Å². The molecule has 0 unspecified atom stereocenters. The number of hydrogen-bond acceptors (Lipinski definition) is 4. The SMILES string of the molecule is CCCCCn1c(=O)nc(N=CN)c2[nH]c(Br)nc21. The lowest BCUT2D eigenvalue weighted by Gasteiger charge is -2.06. The van der Waals surface area contributed by atoms with E-state index in [1.165, 1.54) is 0 Å². The van der Waals surface area contributed by atoms with Gasteiger partial charge in [-0.2, -0.15) is 4.98 Å². The Morgan fingerprint density at radius 2 is 2.26 bits per heavy atom. The van der Waals surface area contributed by atoms with E-state index in [0.717, 1.165) is 25.6 Å². The maximum atomic E-state index is 12.0. The Bertz CT molecular complexity index is 659. The Balaban J connectivity index is 2.55. The molecule has 0 aliphatic heterocycles. The number of H-pyrrole nitrogens is 1. The summed E-state index contributed by atoms with van der Waals surface area (Å²) in [6.07, 6.45) is 4.17. The molecule has 0 aliphatic rings. The third-order valence-electron chi connectivity index (χ3n) is 2.75. The number of nitrogens with two attached hydrogens (primary N) is 1. The van der Waals surface area contributed by atoms with Gasteiger partial charge in [-0.05, 0) is 22.4 Å². The Labute approximate surface area is 118 Å². The number of halogens is 1. The molecular formula is C11H15BrN6O. The van der Waals surface area contributed by atoms with Crippen molar-refractivity contribution in [2.24, 2.45) is 10.7 Å². The predicted octanol–water partition coefficient (Wildman–Crippen LogP) is 1.69. The minimum atomic E-state index is -0.358. The molecule has 0 amide bonds. The molecule has 0 saturated carbocycles. The second-order valence-electron chi connectivity index (χ2n) is 4.08. The lowest BCUT2D eigenvalue weighted by atomic mass is 10.2. The molecule has 2 aromatic heterocycles. The second kappa shape index (κ2) is 5.96. The Hall–Kier alpha value is -1.70. The van der Waals surface area contributed by atoms with E-state index in [0.29, 0.717) is 22.4 Å². The van der Waals surface area contributed by atoms with E-state index in [2.05, 4.69) is 42.8 Å². The van der Waals surface area contributed by atoms with Crippen LogP contribution in [0.3, 0.4) is 0 Å². The number of unbranched alkanes of at least 4 members (excludes halogenated alkanes) is 2. The van der Waals surface area contributed by atoms with Crippen molar-refractivity contribution in [1.82, 2.24) is 19.5 Å². The quantitative estimate of drug-likeness (QED) is 0.377. The number of nitrogens with zero attached hydrogens (tertiary/aromatic N) is 4. The van der Waals surface area contributed by atoms with E-state index in [4.69, 9.17) is 5.73 Å². The molecule has 0 bridgehead atoms. The maximum absolute atomic E-state index is 12.0. The summed E-state index contributed by atoms with van der Waals surface area (Å²) < 4.78 is 2.09. The molecular weight excluding hydrogens is 312 g/mol. The molecule has 7 nitrogen and oxygen atoms in total. The largest absolute Gasteiger partial charge is 0.390 e. The minimum Gasteiger partial charge on any atom is -0.390 e. The highest BCUT2D eigenvalue weighted by Crippen LogP contribution is 2.21. The molecule has 0 spiro atoms. The van der Waals surface area contributed by atoms with Crippen LogP contribution in [0, 0.1) is 0 Å². The van der Waals surface area contributed by atoms with Crippen LogP contribution in [-0.4, -0.2) is 25.9 Å². The average Bonchev–Trinajstić information content (AvgIpc) is 2.75. The van der Waals surface area contributed by atoms with Crippen LogP contribution >= 0.6 is 15.9 Å². The number of hydrogen-bond donors (Lipinski definition) is 2. The van der Waals surface area contributed by atoms with Crippen LogP contribution < -0.4 is 11.4 Å². The van der Waals surface area contributed by atoms with Gasteiger partial charge in [0.15, 0.2) is 16.2 Å². The third-order valence-corrected chi connectivity index (χ3v) is 3.13. The summed E-state index contributed by atoms with van der Waals surface area (Å²) in [6, 6.07) is 0. The van der Waals surface area contributed by atoms with E-state index in [9.17, 15) is 4.79 Å². The van der Waals surface area contributed by atoms with Gasteiger partial charge in [-0.1, -0.05) is 19.8 Å². The fourth-order valence-corrected chi connectivity index (χ4v) is 2.24. The zero-order valence-corrected chi connectivity index (χ0v) is 12.1. The number of rotatable bonds is 5. The van der Waals surface area contributed by atoms with Gasteiger partial charge in [-0.15, -0.1) is 0 Å². The molecule has 2 aromatic rings. The number of aromatic amines is 1. The van der Waals surface area contributed by atoms with Crippen molar-refractivity contribution in [3.05, 3.63) is 15.2 Å². The van der Waals surface area contributed by atoms with Crippen molar-refractivity contribution < 1.29 is 0 Å². The summed E-state index contributed by atoms with van der Waals surface area (Å²) in [5, 5.41) is 0. The first-order chi connectivity index (χ1) is 9.17. The number of aryl methyl sites for hydroxylation is 1. The van der Waals surface area contributed by atoms with E-state index in [1.807, 2.05) is 0 Å². The zero-order chi connectivity index (χ0) is 13.8. The standard InChI is InChI=1S/C11H15BrN6O/c1-2-3-4-5-18-9-7(15-10(12)17-9)8(14-6-13)16-11(18)19/h6H,2-5H2,1H3,(H,15,17)(H2,13,14,16,19). The normalized spacial score (nSPS) is 11.7. The molecule has 0 fully saturated rings. The molecule has 0 saturated heterocycles. The highest BCUT2D eigenvalue weighted by Gasteiger charge is 2.13. The van der Waals surface area contributed by atoms with Gasteiger partial charge in [-0.3, -0.25) is 4.57 Å². The molecule has 0 aromatic carbocycles. The topological polar surface area (TPSA) is 102 Å². The monoisotopic (exact) mass is 326 g/mol. The van der Waals surface area contributed by atoms with Crippen molar-refractivity contribution in [3.8, 4) is 0 Å². The van der Waals surface area contributed by atoms with Gasteiger partial charge in [0.1, 0.15) is 5.52 Å². The van der Waals surface area contributed by atoms with Gasteiger partial charge in [0.2, 0.25) is 0 Å². The molecule has 3 N–H and O–H groups in total. The minimum absolute atomic E-state index is 0.257. The van der Waals surface area contributed by atoms with E-state index in [1.54, 1.807) is 4.57 Å². The number of imidazole rings is 1. The highest BCUT2D eigenvalue weighted by molar-refractivity contribution is 9.10. The van der Waals surface area contributed by atoms with Crippen molar-refractivity contribution in [2.45, 2.75) is 32.7 Å². The van der Waals surface area contributed by atoms with Crippen LogP contribution in [0.4, 0.5) is 5.82 Å². The summed E-state index contributed by atoms with van der Waals surface area (Å²) in [5.74, 6) is 0.257. The van der Waals surface area contributed by atoms with Crippen LogP contribution in [0.2, 0.25) is 0 Å². The number of aliphatic imine (C=N–C) groups is 1. The van der Waals surface area contributed by atoms with Crippen LogP contribution in [0.1, 0.15) is 26.2 Å². The first-order valence-corrected chi connectivity index (χ1v) is 6.87. The summed E-state index contributed by atoms with van der Waals surface area (Å²) in [5.41, 5.74) is 6.05. The van der Waals surface area contributed by atoms with Gasteiger partial charge >= 0.3 is 5.69 Å². The first-order valence-electron chi connectivity index (χ1n) is 6.07. The van der Waals surface area contributed by atoms with E-state index >= 15 is 0 Å². The van der Waals surface area contributed by atoms with E-state index < -0.39 is 0 Å². The van der Waals surface area contributed by atoms with Crippen molar-refractivity contribution >= 4 is 39.3 Å². The first kappa shape index (κ1) is 13.7. The second-order valence-corrected chi connectivity index (χ2v) is 4.83. The average molecular weight is 327 g/mol. The van der Waals surface area contributed by atoms with E-state index in [-0.39, 0.29) is 11.5 Å². The molecule has 19 heavy (non-hydrogen) atoms. The van der Waals surface area contributed by atoms with Crippen molar-refractivity contribution in [3.63, 3.8) is 0 Å². The molecule has 2 rings (SSSR count). The van der Waals surface area contributed by atoms with Gasteiger partial charge in [-0.25, -0.2) is 14.8 Å². The fraction of sp³-hybridized carbons (Fsp3) is 0.455. The Morgan fingerprint density at radius 1 is 1.47 bits per heavy atom. The summed E-state index contributed by atoms with van der Waals surface area (Å²) in [4.78, 5) is 27.1. The zero-order valence-electron chi connectivity index (χ0n) is 10.6. The van der Waals surface area contributed by atoms with Gasteiger partial charge < -0.3 is 10.7 Å². The van der Waals surface area contributed by atoms with Gasteiger partial charge in [0.25, 0.3) is 0 Å². The van der Waals surface area contributed by atoms with Crippen LogP contribution in [0.5, 0.6) is 0 Å². The summed E-state index contributed by atoms with van der Waals surface area (Å²) in [6.45, 7) is 2.71. The molecule has 0 aliphatic carbocycles. The smallest absolute Gasteiger partial charge is 0.351 e. The lowest BCUT2D eigenvalue weighted by Crippen LogP contribution is -2.23. The third kappa shape index (κ3) is 2.83. The fourth-order valence-electron chi connectivity index (χ4n) is 1.87. The van der Waals surface area contributed by atoms with Crippen molar-refractivity contribution in [1.29, 1.82) is 0 Å². The van der Waals surface area contributed by atoms with Gasteiger partial charge in [0.05, 0.1) is 6.34 Å².